The Labute approximate surface area is 165 Å². The molecule has 1 aromatic heterocycles. The predicted octanol–water partition coefficient (Wildman–Crippen LogP) is 5.23. The van der Waals surface area contributed by atoms with Crippen molar-refractivity contribution in [2.24, 2.45) is 0 Å². The Kier molecular flexibility index (Phi) is 7.63. The Hall–Kier alpha value is -1.89. The van der Waals surface area contributed by atoms with Crippen molar-refractivity contribution in [3.05, 3.63) is 51.4 Å². The average molecular weight is 420 g/mol. The molecule has 0 radical (unpaired) electrons. The van der Waals surface area contributed by atoms with Crippen molar-refractivity contribution >= 4 is 52.5 Å². The van der Waals surface area contributed by atoms with Crippen LogP contribution < -0.4 is 5.32 Å². The molecule has 0 unspecified atom stereocenters. The number of nitrogens with one attached hydrogen (secondary N) is 1. The number of rotatable bonds is 7. The summed E-state index contributed by atoms with van der Waals surface area (Å²) in [5.41, 5.74) is 0.239. The number of furan rings is 1. The molecule has 6 nitrogen and oxygen atoms in total. The quantitative estimate of drug-likeness (QED) is 0.624. The van der Waals surface area contributed by atoms with E-state index in [1.165, 1.54) is 23.3 Å². The van der Waals surface area contributed by atoms with Crippen molar-refractivity contribution in [2.45, 2.75) is 19.9 Å². The van der Waals surface area contributed by atoms with E-state index in [-0.39, 0.29) is 41.8 Å². The van der Waals surface area contributed by atoms with Crippen LogP contribution in [0.25, 0.3) is 0 Å². The van der Waals surface area contributed by atoms with Crippen molar-refractivity contribution in [3.8, 4) is 0 Å². The van der Waals surface area contributed by atoms with Crippen LogP contribution in [0.1, 0.15) is 19.1 Å². The van der Waals surface area contributed by atoms with Crippen LogP contribution in [-0.2, 0) is 16.1 Å². The second-order valence-corrected chi connectivity index (χ2v) is 6.48. The lowest BCUT2D eigenvalue weighted by Crippen LogP contribution is -2.36. The van der Waals surface area contributed by atoms with Crippen LogP contribution in [0.3, 0.4) is 0 Å². The summed E-state index contributed by atoms with van der Waals surface area (Å²) in [4.78, 5) is 25.7. The maximum Gasteiger partial charge on any atom is 0.322 e. The molecule has 1 N–H and O–H groups in total. The van der Waals surface area contributed by atoms with Crippen LogP contribution in [0.2, 0.25) is 15.1 Å². The Morgan fingerprint density at radius 1 is 1.23 bits per heavy atom. The molecule has 0 bridgehead atoms. The average Bonchev–Trinajstić information content (AvgIpc) is 3.08. The predicted molar refractivity (Wildman–Crippen MR) is 101 cm³/mol. The van der Waals surface area contributed by atoms with E-state index in [0.717, 1.165) is 0 Å². The molecule has 0 saturated heterocycles. The topological polar surface area (TPSA) is 71.8 Å². The van der Waals surface area contributed by atoms with Crippen molar-refractivity contribution in [1.29, 1.82) is 0 Å². The summed E-state index contributed by atoms with van der Waals surface area (Å²) in [6, 6.07) is 5.90. The molecule has 26 heavy (non-hydrogen) atoms. The summed E-state index contributed by atoms with van der Waals surface area (Å²) in [5, 5.41) is 3.41. The minimum Gasteiger partial charge on any atom is -0.467 e. The zero-order valence-corrected chi connectivity index (χ0v) is 16.2. The highest BCUT2D eigenvalue weighted by molar-refractivity contribution is 6.42. The van der Waals surface area contributed by atoms with E-state index in [9.17, 15) is 9.59 Å². The molecular weight excluding hydrogens is 403 g/mol. The molecule has 0 atom stereocenters. The Balaban J connectivity index is 2.12. The van der Waals surface area contributed by atoms with E-state index in [2.05, 4.69) is 5.32 Å². The van der Waals surface area contributed by atoms with Crippen molar-refractivity contribution in [2.75, 3.05) is 18.5 Å². The lowest BCUT2D eigenvalue weighted by Gasteiger charge is -2.22. The van der Waals surface area contributed by atoms with Crippen molar-refractivity contribution < 1.29 is 18.7 Å². The molecule has 0 aliphatic rings. The van der Waals surface area contributed by atoms with Gasteiger partial charge in [-0.3, -0.25) is 4.79 Å². The zero-order chi connectivity index (χ0) is 19.1. The van der Waals surface area contributed by atoms with E-state index < -0.39 is 12.0 Å². The summed E-state index contributed by atoms with van der Waals surface area (Å²) in [6.45, 7) is 2.30. The third-order valence-corrected chi connectivity index (χ3v) is 4.16. The van der Waals surface area contributed by atoms with Crippen LogP contribution in [0.4, 0.5) is 10.5 Å². The second-order valence-electron chi connectivity index (χ2n) is 5.23. The number of nitrogens with zero attached hydrogens (tertiary/aromatic N) is 1. The molecule has 2 rings (SSSR count). The second kappa shape index (κ2) is 9.71. The number of carbonyl (C=O) groups is 2. The van der Waals surface area contributed by atoms with Gasteiger partial charge in [-0.05, 0) is 31.2 Å². The smallest absolute Gasteiger partial charge is 0.322 e. The molecule has 1 aromatic carbocycles. The number of hydrogen-bond acceptors (Lipinski definition) is 4. The van der Waals surface area contributed by atoms with E-state index >= 15 is 0 Å². The molecule has 2 aromatic rings. The lowest BCUT2D eigenvalue weighted by atomic mass is 10.3. The van der Waals surface area contributed by atoms with Gasteiger partial charge in [-0.2, -0.15) is 0 Å². The fourth-order valence-electron chi connectivity index (χ4n) is 2.15. The summed E-state index contributed by atoms with van der Waals surface area (Å²) >= 11 is 18.1. The van der Waals surface area contributed by atoms with Gasteiger partial charge in [0.25, 0.3) is 0 Å². The maximum absolute atomic E-state index is 12.7. The Morgan fingerprint density at radius 3 is 2.50 bits per heavy atom. The lowest BCUT2D eigenvalue weighted by molar-refractivity contribution is -0.143. The molecule has 0 saturated carbocycles. The minimum atomic E-state index is -0.489. The number of ether oxygens (including phenoxy) is 1. The van der Waals surface area contributed by atoms with Gasteiger partial charge in [0.05, 0.1) is 41.6 Å². The van der Waals surface area contributed by atoms with Crippen molar-refractivity contribution in [3.63, 3.8) is 0 Å². The standard InChI is InChI=1S/C17H17Cl3N2O4/c1-2-25-15(23)5-6-22(10-12-4-3-7-26-12)17(24)21-16-13(19)8-11(18)9-14(16)20/h3-4,7-9H,2,5-6,10H2,1H3,(H,21,24). The fraction of sp³-hybridized carbons (Fsp3) is 0.294. The number of anilines is 1. The highest BCUT2D eigenvalue weighted by Crippen LogP contribution is 2.33. The molecule has 1 heterocycles. The summed E-state index contributed by atoms with van der Waals surface area (Å²) < 4.78 is 10.2. The van der Waals surface area contributed by atoms with Gasteiger partial charge in [0, 0.05) is 11.6 Å². The van der Waals surface area contributed by atoms with E-state index in [4.69, 9.17) is 44.0 Å². The molecule has 9 heteroatoms. The van der Waals surface area contributed by atoms with Crippen LogP contribution in [0.5, 0.6) is 0 Å². The molecule has 0 spiro atoms. The van der Waals surface area contributed by atoms with Gasteiger partial charge in [-0.25, -0.2) is 4.79 Å². The normalized spacial score (nSPS) is 10.5. The van der Waals surface area contributed by atoms with Gasteiger partial charge in [0.2, 0.25) is 0 Å². The first-order valence-electron chi connectivity index (χ1n) is 7.79. The van der Waals surface area contributed by atoms with Crippen LogP contribution in [-0.4, -0.2) is 30.1 Å². The van der Waals surface area contributed by atoms with Gasteiger partial charge in [-0.1, -0.05) is 34.8 Å². The molecule has 0 aliphatic carbocycles. The van der Waals surface area contributed by atoms with Gasteiger partial charge >= 0.3 is 12.0 Å². The molecule has 140 valence electrons. The molecule has 0 fully saturated rings. The van der Waals surface area contributed by atoms with Gasteiger partial charge in [0.1, 0.15) is 5.76 Å². The number of esters is 1. The van der Waals surface area contributed by atoms with Gasteiger partial charge < -0.3 is 19.4 Å². The third-order valence-electron chi connectivity index (χ3n) is 3.34. The summed E-state index contributed by atoms with van der Waals surface area (Å²) in [5.74, 6) is 0.171. The Bertz CT molecular complexity index is 742. The number of amides is 2. The molecule has 0 aliphatic heterocycles. The third kappa shape index (κ3) is 5.83. The van der Waals surface area contributed by atoms with E-state index in [0.29, 0.717) is 10.8 Å². The first kappa shape index (κ1) is 20.4. The van der Waals surface area contributed by atoms with Crippen LogP contribution >= 0.6 is 34.8 Å². The SMILES string of the molecule is CCOC(=O)CCN(Cc1ccco1)C(=O)Nc1c(Cl)cc(Cl)cc1Cl. The van der Waals surface area contributed by atoms with E-state index in [1.54, 1.807) is 19.1 Å². The van der Waals surface area contributed by atoms with Gasteiger partial charge in [-0.15, -0.1) is 0 Å². The number of hydrogen-bond donors (Lipinski definition) is 1. The van der Waals surface area contributed by atoms with Crippen molar-refractivity contribution in [1.82, 2.24) is 4.90 Å². The number of urea groups is 1. The fourth-order valence-corrected chi connectivity index (χ4v) is 3.06. The highest BCUT2D eigenvalue weighted by atomic mass is 35.5. The number of carbonyl (C=O) groups excluding carboxylic acids is 2. The Morgan fingerprint density at radius 2 is 1.92 bits per heavy atom. The first-order valence-corrected chi connectivity index (χ1v) is 8.92. The minimum absolute atomic E-state index is 0.0457. The summed E-state index contributed by atoms with van der Waals surface area (Å²) in [7, 11) is 0. The largest absolute Gasteiger partial charge is 0.467 e. The zero-order valence-electron chi connectivity index (χ0n) is 13.9. The molecular formula is C17H17Cl3N2O4. The van der Waals surface area contributed by atoms with Crippen LogP contribution in [0.15, 0.2) is 34.9 Å². The summed E-state index contributed by atoms with van der Waals surface area (Å²) in [6.07, 6.45) is 1.55. The molecule has 2 amide bonds. The van der Waals surface area contributed by atoms with E-state index in [1.807, 2.05) is 0 Å². The first-order chi connectivity index (χ1) is 12.4. The van der Waals surface area contributed by atoms with Crippen LogP contribution in [0, 0.1) is 0 Å². The van der Waals surface area contributed by atoms with Gasteiger partial charge in [0.15, 0.2) is 0 Å². The number of halogens is 3. The highest BCUT2D eigenvalue weighted by Gasteiger charge is 2.20. The maximum atomic E-state index is 12.7. The number of benzene rings is 1. The monoisotopic (exact) mass is 418 g/mol.